The summed E-state index contributed by atoms with van der Waals surface area (Å²) in [6.45, 7) is 2.14. The number of hydrogen-bond acceptors (Lipinski definition) is 2. The van der Waals surface area contributed by atoms with Crippen molar-refractivity contribution in [1.82, 2.24) is 0 Å². The molecule has 0 aliphatic carbocycles. The fraction of sp³-hybridized carbons (Fsp3) is 0.400. The van der Waals surface area contributed by atoms with Crippen LogP contribution in [0.1, 0.15) is 24.8 Å². The summed E-state index contributed by atoms with van der Waals surface area (Å²) >= 11 is 0. The first-order valence-corrected chi connectivity index (χ1v) is 4.31. The van der Waals surface area contributed by atoms with Crippen molar-refractivity contribution in [3.05, 3.63) is 29.8 Å². The van der Waals surface area contributed by atoms with Crippen molar-refractivity contribution >= 4 is 5.69 Å². The number of rotatable bonds is 0. The van der Waals surface area contributed by atoms with Crippen LogP contribution in [0.3, 0.4) is 0 Å². The van der Waals surface area contributed by atoms with E-state index in [-0.39, 0.29) is 6.23 Å². The molecule has 1 aromatic carbocycles. The van der Waals surface area contributed by atoms with Gasteiger partial charge in [0.25, 0.3) is 0 Å². The Bertz CT molecular complexity index is 285. The number of aliphatic hydroxyl groups is 1. The summed E-state index contributed by atoms with van der Waals surface area (Å²) in [6, 6.07) is 8.14. The van der Waals surface area contributed by atoms with E-state index < -0.39 is 0 Å². The summed E-state index contributed by atoms with van der Waals surface area (Å²) in [5, 5.41) is 12.5. The van der Waals surface area contributed by atoms with Gasteiger partial charge in [-0.3, -0.25) is 0 Å². The van der Waals surface area contributed by atoms with Crippen molar-refractivity contribution in [1.29, 1.82) is 0 Å². The molecule has 0 saturated carbocycles. The van der Waals surface area contributed by atoms with Gasteiger partial charge in [0, 0.05) is 5.69 Å². The van der Waals surface area contributed by atoms with E-state index >= 15 is 0 Å². The molecule has 0 saturated heterocycles. The van der Waals surface area contributed by atoms with E-state index in [1.807, 2.05) is 18.2 Å². The lowest BCUT2D eigenvalue weighted by Crippen LogP contribution is -2.26. The van der Waals surface area contributed by atoms with Gasteiger partial charge in [0.1, 0.15) is 6.23 Å². The zero-order valence-corrected chi connectivity index (χ0v) is 7.12. The summed E-state index contributed by atoms with van der Waals surface area (Å²) in [6.07, 6.45) is 0.423. The van der Waals surface area contributed by atoms with Crippen LogP contribution in [-0.4, -0.2) is 11.3 Å². The van der Waals surface area contributed by atoms with E-state index in [1.54, 1.807) is 0 Å². The van der Waals surface area contributed by atoms with Crippen LogP contribution < -0.4 is 5.32 Å². The number of hydrogen-bond donors (Lipinski definition) is 2. The topological polar surface area (TPSA) is 32.3 Å². The standard InChI is InChI=1S/C10H13NO/c1-7-6-10(12)11-9-5-3-2-4-8(7)9/h2-5,7,10-12H,6H2,1H3/t7-,10-/m0/s1. The van der Waals surface area contributed by atoms with Crippen LogP contribution >= 0.6 is 0 Å². The first-order valence-electron chi connectivity index (χ1n) is 4.31. The predicted molar refractivity (Wildman–Crippen MR) is 49.1 cm³/mol. The zero-order valence-electron chi connectivity index (χ0n) is 7.12. The Labute approximate surface area is 72.2 Å². The number of benzene rings is 1. The molecular formula is C10H13NO. The first kappa shape index (κ1) is 7.62. The minimum absolute atomic E-state index is 0.380. The molecule has 1 aliphatic heterocycles. The Morgan fingerprint density at radius 3 is 3.00 bits per heavy atom. The van der Waals surface area contributed by atoms with Gasteiger partial charge in [-0.05, 0) is 24.0 Å². The smallest absolute Gasteiger partial charge is 0.125 e. The van der Waals surface area contributed by atoms with Crippen LogP contribution in [0.25, 0.3) is 0 Å². The van der Waals surface area contributed by atoms with Gasteiger partial charge in [-0.25, -0.2) is 0 Å². The lowest BCUT2D eigenvalue weighted by Gasteiger charge is -2.27. The minimum atomic E-state index is -0.380. The molecule has 1 heterocycles. The molecule has 1 aliphatic rings. The molecule has 0 bridgehead atoms. The maximum absolute atomic E-state index is 9.42. The fourth-order valence-electron chi connectivity index (χ4n) is 1.76. The van der Waals surface area contributed by atoms with E-state index in [1.165, 1.54) is 5.56 Å². The van der Waals surface area contributed by atoms with Gasteiger partial charge < -0.3 is 10.4 Å². The second-order valence-electron chi connectivity index (χ2n) is 3.38. The quantitative estimate of drug-likeness (QED) is 0.612. The summed E-state index contributed by atoms with van der Waals surface area (Å²) in [5.74, 6) is 0.456. The van der Waals surface area contributed by atoms with Gasteiger partial charge in [-0.15, -0.1) is 0 Å². The van der Waals surface area contributed by atoms with Crippen molar-refractivity contribution in [2.24, 2.45) is 0 Å². The summed E-state index contributed by atoms with van der Waals surface area (Å²) in [4.78, 5) is 0. The molecule has 0 spiro atoms. The van der Waals surface area contributed by atoms with Crippen LogP contribution in [0.5, 0.6) is 0 Å². The molecule has 0 amide bonds. The molecule has 2 nitrogen and oxygen atoms in total. The van der Waals surface area contributed by atoms with Gasteiger partial charge in [0.05, 0.1) is 0 Å². The van der Waals surface area contributed by atoms with Crippen LogP contribution in [0.2, 0.25) is 0 Å². The molecule has 2 atom stereocenters. The highest BCUT2D eigenvalue weighted by Gasteiger charge is 2.20. The monoisotopic (exact) mass is 163 g/mol. The Balaban J connectivity index is 2.40. The minimum Gasteiger partial charge on any atom is -0.374 e. The molecule has 0 aromatic heterocycles. The van der Waals surface area contributed by atoms with E-state index in [2.05, 4.69) is 18.3 Å². The molecule has 12 heavy (non-hydrogen) atoms. The highest BCUT2D eigenvalue weighted by molar-refractivity contribution is 5.54. The zero-order chi connectivity index (χ0) is 8.55. The van der Waals surface area contributed by atoms with Crippen molar-refractivity contribution < 1.29 is 5.11 Å². The van der Waals surface area contributed by atoms with Crippen molar-refractivity contribution in [3.63, 3.8) is 0 Å². The van der Waals surface area contributed by atoms with Gasteiger partial charge in [-0.1, -0.05) is 25.1 Å². The molecule has 2 heteroatoms. The van der Waals surface area contributed by atoms with Crippen molar-refractivity contribution in [2.75, 3.05) is 5.32 Å². The maximum atomic E-state index is 9.42. The number of fused-ring (bicyclic) bond motifs is 1. The average Bonchev–Trinajstić information content (AvgIpc) is 2.04. The fourth-order valence-corrected chi connectivity index (χ4v) is 1.76. The molecule has 0 radical (unpaired) electrons. The molecule has 64 valence electrons. The molecular weight excluding hydrogens is 150 g/mol. The summed E-state index contributed by atoms with van der Waals surface area (Å²) in [7, 11) is 0. The average molecular weight is 163 g/mol. The van der Waals surface area contributed by atoms with Crippen LogP contribution in [-0.2, 0) is 0 Å². The lowest BCUT2D eigenvalue weighted by atomic mass is 9.92. The second-order valence-corrected chi connectivity index (χ2v) is 3.38. The third-order valence-corrected chi connectivity index (χ3v) is 2.39. The van der Waals surface area contributed by atoms with Crippen LogP contribution in [0.4, 0.5) is 5.69 Å². The van der Waals surface area contributed by atoms with Crippen LogP contribution in [0.15, 0.2) is 24.3 Å². The number of aliphatic hydroxyl groups excluding tert-OH is 1. The normalized spacial score (nSPS) is 27.5. The molecule has 2 N–H and O–H groups in total. The molecule has 2 rings (SSSR count). The van der Waals surface area contributed by atoms with Gasteiger partial charge in [0.2, 0.25) is 0 Å². The van der Waals surface area contributed by atoms with E-state index in [4.69, 9.17) is 0 Å². The highest BCUT2D eigenvalue weighted by atomic mass is 16.3. The van der Waals surface area contributed by atoms with Gasteiger partial charge >= 0.3 is 0 Å². The van der Waals surface area contributed by atoms with Crippen molar-refractivity contribution in [3.8, 4) is 0 Å². The molecule has 0 unspecified atom stereocenters. The molecule has 0 fully saturated rings. The Morgan fingerprint density at radius 1 is 1.42 bits per heavy atom. The SMILES string of the molecule is C[C@H]1C[C@H](O)Nc2ccccc21. The lowest BCUT2D eigenvalue weighted by molar-refractivity contribution is 0.180. The van der Waals surface area contributed by atoms with Gasteiger partial charge in [-0.2, -0.15) is 0 Å². The number of para-hydroxylation sites is 1. The first-order chi connectivity index (χ1) is 5.77. The second kappa shape index (κ2) is 2.79. The number of nitrogens with one attached hydrogen (secondary N) is 1. The van der Waals surface area contributed by atoms with E-state index in [0.717, 1.165) is 12.1 Å². The number of anilines is 1. The van der Waals surface area contributed by atoms with Crippen LogP contribution in [0, 0.1) is 0 Å². The summed E-state index contributed by atoms with van der Waals surface area (Å²) in [5.41, 5.74) is 2.38. The third kappa shape index (κ3) is 1.18. The Kier molecular flexibility index (Phi) is 1.77. The van der Waals surface area contributed by atoms with Gasteiger partial charge in [0.15, 0.2) is 0 Å². The predicted octanol–water partition coefficient (Wildman–Crippen LogP) is 1.92. The Hall–Kier alpha value is -1.02. The van der Waals surface area contributed by atoms with E-state index in [0.29, 0.717) is 5.92 Å². The Morgan fingerprint density at radius 2 is 2.17 bits per heavy atom. The van der Waals surface area contributed by atoms with Crippen molar-refractivity contribution in [2.45, 2.75) is 25.5 Å². The molecule has 1 aromatic rings. The summed E-state index contributed by atoms with van der Waals surface area (Å²) < 4.78 is 0. The third-order valence-electron chi connectivity index (χ3n) is 2.39. The largest absolute Gasteiger partial charge is 0.374 e. The highest BCUT2D eigenvalue weighted by Crippen LogP contribution is 2.32. The van der Waals surface area contributed by atoms with E-state index in [9.17, 15) is 5.11 Å². The maximum Gasteiger partial charge on any atom is 0.125 e.